The van der Waals surface area contributed by atoms with E-state index in [4.69, 9.17) is 4.74 Å². The van der Waals surface area contributed by atoms with Crippen LogP contribution in [0, 0.1) is 0 Å². The molecule has 0 aromatic heterocycles. The second-order valence-electron chi connectivity index (χ2n) is 5.30. The Labute approximate surface area is 117 Å². The Balaban J connectivity index is 2.21. The highest BCUT2D eigenvalue weighted by atomic mass is 32.2. The van der Waals surface area contributed by atoms with Crippen LogP contribution in [-0.2, 0) is 14.6 Å². The molecule has 0 aromatic rings. The van der Waals surface area contributed by atoms with E-state index < -0.39 is 9.84 Å². The Morgan fingerprint density at radius 3 is 2.84 bits per heavy atom. The maximum absolute atomic E-state index is 11.5. The second kappa shape index (κ2) is 8.19. The maximum Gasteiger partial charge on any atom is 0.153 e. The highest BCUT2D eigenvalue weighted by Gasteiger charge is 2.30. The van der Waals surface area contributed by atoms with Crippen LogP contribution < -0.4 is 5.32 Å². The van der Waals surface area contributed by atoms with Crippen LogP contribution in [0.3, 0.4) is 0 Å². The zero-order chi connectivity index (χ0) is 14.3. The predicted octanol–water partition coefficient (Wildman–Crippen LogP) is 0.510. The summed E-state index contributed by atoms with van der Waals surface area (Å²) in [6.45, 7) is 10.2. The van der Waals surface area contributed by atoms with Crippen molar-refractivity contribution in [2.24, 2.45) is 0 Å². The molecule has 1 N–H and O–H groups in total. The van der Waals surface area contributed by atoms with Crippen molar-refractivity contribution in [1.82, 2.24) is 10.2 Å². The Bertz CT molecular complexity index is 346. The molecule has 0 amide bonds. The van der Waals surface area contributed by atoms with Crippen LogP contribution in [0.4, 0.5) is 0 Å². The van der Waals surface area contributed by atoms with Gasteiger partial charge in [0.15, 0.2) is 9.84 Å². The summed E-state index contributed by atoms with van der Waals surface area (Å²) in [6.07, 6.45) is 1.02. The molecule has 0 radical (unpaired) electrons. The van der Waals surface area contributed by atoms with Gasteiger partial charge in [-0.25, -0.2) is 8.42 Å². The summed E-state index contributed by atoms with van der Waals surface area (Å²) >= 11 is 0. The van der Waals surface area contributed by atoms with Crippen LogP contribution in [0.1, 0.15) is 27.2 Å². The van der Waals surface area contributed by atoms with E-state index in [2.05, 4.69) is 17.1 Å². The lowest BCUT2D eigenvalue weighted by Gasteiger charge is -2.37. The molecule has 1 fully saturated rings. The fourth-order valence-corrected chi connectivity index (χ4v) is 4.12. The van der Waals surface area contributed by atoms with Gasteiger partial charge in [-0.3, -0.25) is 4.90 Å². The lowest BCUT2D eigenvalue weighted by molar-refractivity contribution is 0.141. The normalized spacial score (nSPS) is 25.3. The van der Waals surface area contributed by atoms with Gasteiger partial charge >= 0.3 is 0 Å². The number of hydrogen-bond donors (Lipinski definition) is 1. The van der Waals surface area contributed by atoms with Crippen molar-refractivity contribution in [1.29, 1.82) is 0 Å². The first-order valence-electron chi connectivity index (χ1n) is 7.21. The molecule has 1 rings (SSSR count). The van der Waals surface area contributed by atoms with Gasteiger partial charge in [-0.05, 0) is 33.7 Å². The van der Waals surface area contributed by atoms with E-state index in [9.17, 15) is 8.42 Å². The van der Waals surface area contributed by atoms with Gasteiger partial charge in [-0.15, -0.1) is 0 Å². The van der Waals surface area contributed by atoms with Crippen molar-refractivity contribution >= 4 is 9.84 Å². The molecule has 0 spiro atoms. The summed E-state index contributed by atoms with van der Waals surface area (Å²) < 4.78 is 28.3. The van der Waals surface area contributed by atoms with E-state index in [0.29, 0.717) is 24.1 Å². The zero-order valence-electron chi connectivity index (χ0n) is 12.4. The molecule has 1 heterocycles. The van der Waals surface area contributed by atoms with E-state index in [1.54, 1.807) is 0 Å². The third kappa shape index (κ3) is 6.21. The van der Waals surface area contributed by atoms with Crippen molar-refractivity contribution in [2.45, 2.75) is 39.3 Å². The smallest absolute Gasteiger partial charge is 0.153 e. The summed E-state index contributed by atoms with van der Waals surface area (Å²) in [5.41, 5.74) is 0. The third-order valence-electron chi connectivity index (χ3n) is 3.57. The fraction of sp³-hybridized carbons (Fsp3) is 1.00. The Morgan fingerprint density at radius 2 is 2.21 bits per heavy atom. The van der Waals surface area contributed by atoms with E-state index in [1.807, 2.05) is 13.8 Å². The highest BCUT2D eigenvalue weighted by Crippen LogP contribution is 2.14. The lowest BCUT2D eigenvalue weighted by atomic mass is 10.2. The first kappa shape index (κ1) is 16.9. The zero-order valence-corrected chi connectivity index (χ0v) is 13.2. The number of nitrogens with zero attached hydrogens (tertiary/aromatic N) is 1. The van der Waals surface area contributed by atoms with Gasteiger partial charge in [0.05, 0.1) is 11.5 Å². The molecule has 2 unspecified atom stereocenters. The molecule has 0 saturated carbocycles. The average molecular weight is 292 g/mol. The molecule has 0 aliphatic carbocycles. The van der Waals surface area contributed by atoms with E-state index in [-0.39, 0.29) is 6.04 Å². The molecular formula is C13H28N2O3S. The first-order valence-corrected chi connectivity index (χ1v) is 9.03. The molecule has 114 valence electrons. The van der Waals surface area contributed by atoms with Crippen molar-refractivity contribution in [3.8, 4) is 0 Å². The summed E-state index contributed by atoms with van der Waals surface area (Å²) in [5, 5.41) is 3.41. The summed E-state index contributed by atoms with van der Waals surface area (Å²) in [7, 11) is -2.81. The minimum atomic E-state index is -2.81. The Morgan fingerprint density at radius 1 is 1.47 bits per heavy atom. The molecule has 0 aromatic carbocycles. The minimum Gasteiger partial charge on any atom is -0.382 e. The van der Waals surface area contributed by atoms with Crippen molar-refractivity contribution in [3.63, 3.8) is 0 Å². The second-order valence-corrected chi connectivity index (χ2v) is 7.53. The Hall–Kier alpha value is -0.170. The molecule has 6 heteroatoms. The van der Waals surface area contributed by atoms with Gasteiger partial charge in [0.2, 0.25) is 0 Å². The van der Waals surface area contributed by atoms with Crippen LogP contribution >= 0.6 is 0 Å². The minimum absolute atomic E-state index is 0.124. The van der Waals surface area contributed by atoms with Crippen molar-refractivity contribution < 1.29 is 13.2 Å². The largest absolute Gasteiger partial charge is 0.382 e. The number of sulfone groups is 1. The van der Waals surface area contributed by atoms with E-state index in [1.165, 1.54) is 0 Å². The monoisotopic (exact) mass is 292 g/mol. The van der Waals surface area contributed by atoms with Gasteiger partial charge in [0.25, 0.3) is 0 Å². The maximum atomic E-state index is 11.5. The van der Waals surface area contributed by atoms with E-state index >= 15 is 0 Å². The van der Waals surface area contributed by atoms with Gasteiger partial charge in [-0.1, -0.05) is 0 Å². The first-order chi connectivity index (χ1) is 8.96. The number of hydrogen-bond acceptors (Lipinski definition) is 5. The highest BCUT2D eigenvalue weighted by molar-refractivity contribution is 7.91. The number of rotatable bonds is 8. The van der Waals surface area contributed by atoms with Crippen LogP contribution in [0.25, 0.3) is 0 Å². The molecule has 0 bridgehead atoms. The number of nitrogens with one attached hydrogen (secondary N) is 1. The standard InChI is InChI=1S/C13H28N2O3S/c1-4-18-8-5-6-14-10-12(2)15-7-9-19(16,17)11-13(15)3/h12-14H,4-11H2,1-3H3. The third-order valence-corrected chi connectivity index (χ3v) is 5.37. The van der Waals surface area contributed by atoms with E-state index in [0.717, 1.165) is 32.7 Å². The summed E-state index contributed by atoms with van der Waals surface area (Å²) in [6, 6.07) is 0.497. The van der Waals surface area contributed by atoms with Crippen LogP contribution in [0.15, 0.2) is 0 Å². The van der Waals surface area contributed by atoms with Crippen LogP contribution in [0.5, 0.6) is 0 Å². The van der Waals surface area contributed by atoms with Crippen molar-refractivity contribution in [2.75, 3.05) is 44.4 Å². The van der Waals surface area contributed by atoms with Gasteiger partial charge in [0.1, 0.15) is 0 Å². The van der Waals surface area contributed by atoms with Crippen LogP contribution in [-0.4, -0.2) is 69.8 Å². The Kier molecular flexibility index (Phi) is 7.28. The van der Waals surface area contributed by atoms with Crippen molar-refractivity contribution in [3.05, 3.63) is 0 Å². The molecule has 1 saturated heterocycles. The molecule has 5 nitrogen and oxygen atoms in total. The molecule has 19 heavy (non-hydrogen) atoms. The SMILES string of the molecule is CCOCCCNCC(C)N1CCS(=O)(=O)CC1C. The molecule has 1 aliphatic heterocycles. The van der Waals surface area contributed by atoms with Gasteiger partial charge in [-0.2, -0.15) is 0 Å². The fourth-order valence-electron chi connectivity index (χ4n) is 2.54. The molecular weight excluding hydrogens is 264 g/mol. The summed E-state index contributed by atoms with van der Waals surface area (Å²) in [5.74, 6) is 0.591. The molecule has 2 atom stereocenters. The average Bonchev–Trinajstić information content (AvgIpc) is 2.32. The van der Waals surface area contributed by atoms with Gasteiger partial charge < -0.3 is 10.1 Å². The quantitative estimate of drug-likeness (QED) is 0.661. The predicted molar refractivity (Wildman–Crippen MR) is 78.3 cm³/mol. The summed E-state index contributed by atoms with van der Waals surface area (Å²) in [4.78, 5) is 2.29. The lowest BCUT2D eigenvalue weighted by Crippen LogP contribution is -2.53. The van der Waals surface area contributed by atoms with Gasteiger partial charge in [0, 0.05) is 38.4 Å². The topological polar surface area (TPSA) is 58.6 Å². The molecule has 1 aliphatic rings. The van der Waals surface area contributed by atoms with Crippen LogP contribution in [0.2, 0.25) is 0 Å². The number of ether oxygens (including phenoxy) is 1.